The molecule has 0 bridgehead atoms. The van der Waals surface area contributed by atoms with Crippen LogP contribution in [0.5, 0.6) is 0 Å². The van der Waals surface area contributed by atoms with Gasteiger partial charge in [-0.1, -0.05) is 25.0 Å². The third kappa shape index (κ3) is 4.66. The first-order valence-electron chi connectivity index (χ1n) is 9.72. The van der Waals surface area contributed by atoms with Crippen LogP contribution in [0.1, 0.15) is 42.6 Å². The van der Waals surface area contributed by atoms with Crippen LogP contribution < -0.4 is 5.32 Å². The minimum Gasteiger partial charge on any atom is -0.298 e. The van der Waals surface area contributed by atoms with E-state index in [0.717, 1.165) is 36.4 Å². The van der Waals surface area contributed by atoms with Gasteiger partial charge in [0.05, 0.1) is 11.3 Å². The van der Waals surface area contributed by atoms with Crippen LogP contribution in [0.4, 0.5) is 18.3 Å². The highest BCUT2D eigenvalue weighted by Gasteiger charge is 2.35. The lowest BCUT2D eigenvalue weighted by molar-refractivity contribution is -0.137. The number of anilines is 1. The summed E-state index contributed by atoms with van der Waals surface area (Å²) in [4.78, 5) is 17.0. The molecule has 1 fully saturated rings. The molecule has 1 aliphatic rings. The van der Waals surface area contributed by atoms with Crippen molar-refractivity contribution in [1.82, 2.24) is 25.2 Å². The van der Waals surface area contributed by atoms with Crippen LogP contribution in [0.3, 0.4) is 0 Å². The van der Waals surface area contributed by atoms with Crippen molar-refractivity contribution in [3.05, 3.63) is 52.8 Å². The summed E-state index contributed by atoms with van der Waals surface area (Å²) in [6, 6.07) is 3.77. The minimum atomic E-state index is -4.66. The van der Waals surface area contributed by atoms with Crippen molar-refractivity contribution >= 4 is 27.9 Å². The van der Waals surface area contributed by atoms with Gasteiger partial charge in [0.15, 0.2) is 11.0 Å². The summed E-state index contributed by atoms with van der Waals surface area (Å²) < 4.78 is 42.8. The molecule has 0 saturated heterocycles. The highest BCUT2D eigenvalue weighted by atomic mass is 32.1. The Morgan fingerprint density at radius 3 is 2.68 bits per heavy atom. The smallest absolute Gasteiger partial charge is 0.298 e. The number of benzene rings is 1. The van der Waals surface area contributed by atoms with Crippen LogP contribution in [-0.4, -0.2) is 31.1 Å². The summed E-state index contributed by atoms with van der Waals surface area (Å²) in [5, 5.41) is 15.5. The third-order valence-electron chi connectivity index (χ3n) is 5.17. The second kappa shape index (κ2) is 8.58. The monoisotopic (exact) mass is 448 g/mol. The lowest BCUT2D eigenvalue weighted by atomic mass is 9.96. The lowest BCUT2D eigenvalue weighted by Crippen LogP contribution is -2.17. The first-order valence-corrected chi connectivity index (χ1v) is 10.6. The fourth-order valence-electron chi connectivity index (χ4n) is 3.68. The molecule has 0 unspecified atom stereocenters. The molecule has 31 heavy (non-hydrogen) atoms. The maximum Gasteiger partial charge on any atom is 0.418 e. The zero-order valence-corrected chi connectivity index (χ0v) is 17.4. The number of amides is 1. The lowest BCUT2D eigenvalue weighted by Gasteiger charge is -2.16. The predicted octanol–water partition coefficient (Wildman–Crippen LogP) is 4.66. The molecule has 0 radical (unpaired) electrons. The van der Waals surface area contributed by atoms with Gasteiger partial charge in [-0.25, -0.2) is 4.98 Å². The van der Waals surface area contributed by atoms with Crippen molar-refractivity contribution in [1.29, 1.82) is 0 Å². The van der Waals surface area contributed by atoms with Crippen molar-refractivity contribution in [3.8, 4) is 5.69 Å². The molecule has 4 rings (SSSR count). The van der Waals surface area contributed by atoms with Gasteiger partial charge in [0.2, 0.25) is 0 Å². The first-order chi connectivity index (χ1) is 14.8. The van der Waals surface area contributed by atoms with Crippen LogP contribution in [0.2, 0.25) is 0 Å². The minimum absolute atomic E-state index is 0.146. The van der Waals surface area contributed by atoms with Gasteiger partial charge in [0.25, 0.3) is 5.91 Å². The number of aryl methyl sites for hydroxylation is 1. The normalized spacial score (nSPS) is 15.4. The molecule has 1 aliphatic carbocycles. The number of carbonyl (C=O) groups excluding carboxylic acids is 1. The van der Waals surface area contributed by atoms with E-state index in [1.165, 1.54) is 30.4 Å². The number of thiazole rings is 1. The molecule has 7 nitrogen and oxygen atoms in total. The Morgan fingerprint density at radius 1 is 1.29 bits per heavy atom. The van der Waals surface area contributed by atoms with E-state index in [0.29, 0.717) is 5.13 Å². The van der Waals surface area contributed by atoms with Gasteiger partial charge in [0, 0.05) is 17.2 Å². The van der Waals surface area contributed by atoms with Crippen molar-refractivity contribution < 1.29 is 18.0 Å². The SMILES string of the molecule is Cc1nnnn1-c1ccc(C(=CC2CCCC2)C(=O)Nc2nccs2)cc1C(F)(F)F. The van der Waals surface area contributed by atoms with Crippen molar-refractivity contribution in [2.45, 2.75) is 38.8 Å². The molecule has 1 amide bonds. The number of nitrogens with zero attached hydrogens (tertiary/aromatic N) is 5. The molecule has 0 aliphatic heterocycles. The van der Waals surface area contributed by atoms with Crippen molar-refractivity contribution in [3.63, 3.8) is 0 Å². The average molecular weight is 448 g/mol. The zero-order valence-electron chi connectivity index (χ0n) is 16.6. The van der Waals surface area contributed by atoms with Gasteiger partial charge in [-0.05, 0) is 53.8 Å². The number of carbonyl (C=O) groups is 1. The van der Waals surface area contributed by atoms with Crippen molar-refractivity contribution in [2.75, 3.05) is 5.32 Å². The summed E-state index contributed by atoms with van der Waals surface area (Å²) in [6.45, 7) is 1.51. The van der Waals surface area contributed by atoms with E-state index in [2.05, 4.69) is 25.8 Å². The van der Waals surface area contributed by atoms with E-state index in [4.69, 9.17) is 0 Å². The molecule has 2 aromatic heterocycles. The highest BCUT2D eigenvalue weighted by Crippen LogP contribution is 2.37. The fraction of sp³-hybridized carbons (Fsp3) is 0.350. The van der Waals surface area contributed by atoms with Gasteiger partial charge in [-0.2, -0.15) is 17.9 Å². The molecule has 162 valence electrons. The second-order valence-corrected chi connectivity index (χ2v) is 8.18. The Kier molecular flexibility index (Phi) is 5.86. The Bertz CT molecular complexity index is 1100. The molecular weight excluding hydrogens is 429 g/mol. The van der Waals surface area contributed by atoms with Crippen LogP contribution in [0, 0.1) is 12.8 Å². The Hall–Kier alpha value is -3.08. The number of halogens is 3. The van der Waals surface area contributed by atoms with Gasteiger partial charge in [0.1, 0.15) is 0 Å². The molecular formula is C20H19F3N6OS. The van der Waals surface area contributed by atoms with Crippen LogP contribution in [-0.2, 0) is 11.0 Å². The molecule has 3 aromatic rings. The number of aromatic nitrogens is 5. The number of allylic oxidation sites excluding steroid dienone is 1. The van der Waals surface area contributed by atoms with Gasteiger partial charge < -0.3 is 0 Å². The number of hydrogen-bond acceptors (Lipinski definition) is 6. The molecule has 1 aromatic carbocycles. The van der Waals surface area contributed by atoms with Gasteiger partial charge >= 0.3 is 6.18 Å². The number of alkyl halides is 3. The van der Waals surface area contributed by atoms with E-state index >= 15 is 0 Å². The zero-order chi connectivity index (χ0) is 22.0. The average Bonchev–Trinajstić information content (AvgIpc) is 3.48. The maximum absolute atomic E-state index is 13.9. The molecule has 1 saturated carbocycles. The van der Waals surface area contributed by atoms with E-state index in [1.54, 1.807) is 17.7 Å². The van der Waals surface area contributed by atoms with Crippen LogP contribution in [0.15, 0.2) is 35.9 Å². The predicted molar refractivity (Wildman–Crippen MR) is 110 cm³/mol. The van der Waals surface area contributed by atoms with Gasteiger partial charge in [-0.15, -0.1) is 16.4 Å². The maximum atomic E-state index is 13.9. The third-order valence-corrected chi connectivity index (χ3v) is 5.85. The largest absolute Gasteiger partial charge is 0.418 e. The summed E-state index contributed by atoms with van der Waals surface area (Å²) in [5.74, 6) is -0.115. The number of tetrazole rings is 1. The second-order valence-electron chi connectivity index (χ2n) is 7.28. The number of rotatable bonds is 5. The highest BCUT2D eigenvalue weighted by molar-refractivity contribution is 7.13. The Labute approximate surface area is 180 Å². The van der Waals surface area contributed by atoms with E-state index in [1.807, 2.05) is 0 Å². The Balaban J connectivity index is 1.79. The summed E-state index contributed by atoms with van der Waals surface area (Å²) in [5.41, 5.74) is -0.727. The van der Waals surface area contributed by atoms with E-state index in [-0.39, 0.29) is 28.6 Å². The molecule has 0 spiro atoms. The fourth-order valence-corrected chi connectivity index (χ4v) is 4.21. The van der Waals surface area contributed by atoms with E-state index < -0.39 is 17.6 Å². The first kappa shape index (κ1) is 21.2. The molecule has 0 atom stereocenters. The molecule has 2 heterocycles. The van der Waals surface area contributed by atoms with Crippen molar-refractivity contribution in [2.24, 2.45) is 5.92 Å². The summed E-state index contributed by atoms with van der Waals surface area (Å²) in [7, 11) is 0. The standard InChI is InChI=1S/C20H19F3N6OS/c1-12-26-27-28-29(12)17-7-6-14(11-16(17)20(21,22)23)15(10-13-4-2-3-5-13)18(30)25-19-24-8-9-31-19/h6-11,13H,2-5H2,1H3,(H,24,25,30). The van der Waals surface area contributed by atoms with Crippen LogP contribution >= 0.6 is 11.3 Å². The quantitative estimate of drug-likeness (QED) is 0.574. The summed E-state index contributed by atoms with van der Waals surface area (Å²) in [6.07, 6.45) is 2.55. The van der Waals surface area contributed by atoms with E-state index in [9.17, 15) is 18.0 Å². The molecule has 1 N–H and O–H groups in total. The Morgan fingerprint density at radius 2 is 2.06 bits per heavy atom. The van der Waals surface area contributed by atoms with Gasteiger partial charge in [-0.3, -0.25) is 10.1 Å². The number of nitrogens with one attached hydrogen (secondary N) is 1. The van der Waals surface area contributed by atoms with Crippen LogP contribution in [0.25, 0.3) is 11.3 Å². The topological polar surface area (TPSA) is 85.6 Å². The number of hydrogen-bond donors (Lipinski definition) is 1. The molecule has 11 heteroatoms. The summed E-state index contributed by atoms with van der Waals surface area (Å²) >= 11 is 1.24.